The van der Waals surface area contributed by atoms with E-state index in [-0.39, 0.29) is 108 Å². The number of hydrogen-bond acceptors (Lipinski definition) is 26. The van der Waals surface area contributed by atoms with Gasteiger partial charge in [0.15, 0.2) is 22.1 Å². The molecule has 0 spiro atoms. The van der Waals surface area contributed by atoms with Crippen LogP contribution in [0.1, 0.15) is 163 Å². The normalized spacial score (nSPS) is 16.1. The Kier molecular flexibility index (Phi) is 32.1. The van der Waals surface area contributed by atoms with Crippen LogP contribution in [0.4, 0.5) is 10.1 Å². The van der Waals surface area contributed by atoms with Gasteiger partial charge in [-0.2, -0.15) is 4.39 Å². The lowest BCUT2D eigenvalue weighted by atomic mass is 9.98. The fourth-order valence-electron chi connectivity index (χ4n) is 18.1. The highest BCUT2D eigenvalue weighted by atomic mass is 79.9. The Labute approximate surface area is 828 Å². The number of terminal acetylenes is 1. The standard InChI is InChI=1S/C27H22BrN3O3.C21H21NO3.C19H16N4O2.C12H12BrN3O2.C11H10BrN3O2.C7H4FN.C6H5BrN2O2/c28-16-13-23-26(29-14-16)27(33)31-17(9-11-24(31)30-23)10-12-25(32)34-15-22-20-7-3-1-5-18(20)19-6-2-4-8-21(19)22;23-20-11-9-14(22-20)10-12-21(24)25-13-19-17-7-3-1-5-15(17)16-6-2-4-8-18(16)19;1-25-12-15-7-8-17-22-16-10-13(5-6-14-4-2-3-9-20-14)11-21-18(16)19(24)23(15)17;1-18-6-8-2-3-10-15-9-4-7(13)5-14-11(9)12(17)16(8)10;12-6-3-8-10(13-4-6)11(17)15-7(5-16)1-2-9(15)14-8;1-2-6-4-3-5-7(8)9-6;7-4-1-5(8)6(9-2-4)11-3-10/h1-8,13-14,17,22H,9-12,15H2;1-8,14,19H,9-13H2,(H,22,23);2-4,9-11,15H,7-8,12H2,1H3;4-5,8H,2-3,6H2,1H3;3-4,7,16H,1-2,5H2;1,3-5H;1-3H,8H2. The first-order valence-electron chi connectivity index (χ1n) is 44.8. The maximum Gasteiger partial charge on any atom is 0.305 e. The minimum Gasteiger partial charge on any atom is -0.465 e. The molecule has 2 aliphatic carbocycles. The zero-order chi connectivity index (χ0) is 97.3. The smallest absolute Gasteiger partial charge is 0.305 e. The number of nitrogens with zero attached hydrogens (tertiary/aromatic N) is 15. The van der Waals surface area contributed by atoms with Crippen LogP contribution in [0.25, 0.3) is 66.4 Å². The van der Waals surface area contributed by atoms with Crippen molar-refractivity contribution in [2.75, 3.05) is 53.0 Å². The van der Waals surface area contributed by atoms with E-state index in [0.717, 1.165) is 92.6 Å². The molecule has 139 heavy (non-hydrogen) atoms. The van der Waals surface area contributed by atoms with Gasteiger partial charge in [-0.3, -0.25) is 56.6 Å². The summed E-state index contributed by atoms with van der Waals surface area (Å²) < 4.78 is 48.2. The number of aryl methyl sites for hydroxylation is 4. The Morgan fingerprint density at radius 2 is 0.885 bits per heavy atom. The molecule has 22 rings (SSSR count). The van der Waals surface area contributed by atoms with Crippen molar-refractivity contribution in [1.29, 1.82) is 0 Å². The highest BCUT2D eigenvalue weighted by molar-refractivity contribution is 9.11. The van der Waals surface area contributed by atoms with Gasteiger partial charge in [0.2, 0.25) is 17.7 Å². The molecule has 0 bridgehead atoms. The van der Waals surface area contributed by atoms with Crippen LogP contribution in [0.15, 0.2) is 238 Å². The minimum absolute atomic E-state index is 0.0311. The number of pyridine rings is 7. The topological polar surface area (TPSA) is 402 Å². The summed E-state index contributed by atoms with van der Waals surface area (Å²) in [6, 6.07) is 52.0. The molecule has 0 radical (unpaired) electrons. The summed E-state index contributed by atoms with van der Waals surface area (Å²) in [6.45, 7) is 1.98. The lowest BCUT2D eigenvalue weighted by Crippen LogP contribution is -2.27. The van der Waals surface area contributed by atoms with Crippen LogP contribution in [0.2, 0.25) is 0 Å². The molecule has 1 saturated heterocycles. The molecule has 4 N–H and O–H groups in total. The van der Waals surface area contributed by atoms with Gasteiger partial charge in [-0.15, -0.1) is 6.42 Å². The number of nitrogen functional groups attached to an aromatic ring is 1. The number of nitrogens with one attached hydrogen (secondary N) is 1. The van der Waals surface area contributed by atoms with Crippen LogP contribution >= 0.6 is 63.7 Å². The molecule has 31 nitrogen and oxygen atoms in total. The highest BCUT2D eigenvalue weighted by Crippen LogP contribution is 2.47. The number of nitrogens with two attached hydrogens (primary N) is 1. The molecule has 5 unspecified atom stereocenters. The zero-order valence-electron chi connectivity index (χ0n) is 75.1. The van der Waals surface area contributed by atoms with Crippen LogP contribution in [0.3, 0.4) is 0 Å². The van der Waals surface area contributed by atoms with E-state index in [4.69, 9.17) is 31.1 Å². The Morgan fingerprint density at radius 1 is 0.475 bits per heavy atom. The lowest BCUT2D eigenvalue weighted by Gasteiger charge is -2.16. The Hall–Kier alpha value is -14.0. The summed E-state index contributed by atoms with van der Waals surface area (Å²) >= 11 is 13.2. The molecule has 5 atom stereocenters. The van der Waals surface area contributed by atoms with Crippen molar-refractivity contribution < 1.29 is 52.4 Å². The van der Waals surface area contributed by atoms with E-state index in [1.165, 1.54) is 62.8 Å². The Balaban J connectivity index is 0.000000121. The van der Waals surface area contributed by atoms with Gasteiger partial charge in [-0.1, -0.05) is 121 Å². The van der Waals surface area contributed by atoms with Gasteiger partial charge in [0.25, 0.3) is 28.7 Å². The molecule has 0 saturated carbocycles. The highest BCUT2D eigenvalue weighted by Gasteiger charge is 2.35. The Morgan fingerprint density at radius 3 is 1.30 bits per heavy atom. The van der Waals surface area contributed by atoms with E-state index in [2.05, 4.69) is 195 Å². The van der Waals surface area contributed by atoms with Crippen molar-refractivity contribution in [2.24, 2.45) is 0 Å². The summed E-state index contributed by atoms with van der Waals surface area (Å²) in [6.07, 6.45) is 24.1. The summed E-state index contributed by atoms with van der Waals surface area (Å²) in [4.78, 5) is 143. The average molecular weight is 2130 g/mol. The van der Waals surface area contributed by atoms with E-state index in [9.17, 15) is 47.9 Å². The van der Waals surface area contributed by atoms with Crippen LogP contribution in [0.5, 0.6) is 5.88 Å². The average Bonchev–Trinajstić information content (AvgIpc) is 1.65. The number of aliphatic hydroxyl groups is 1. The molecule has 16 heterocycles. The minimum atomic E-state index is -0.537. The fourth-order valence-corrected chi connectivity index (χ4v) is 19.4. The number of rotatable bonds is 17. The van der Waals surface area contributed by atoms with Crippen molar-refractivity contribution in [2.45, 2.75) is 132 Å². The first-order valence-corrected chi connectivity index (χ1v) is 47.9. The molecule has 1 amide bonds. The maximum absolute atomic E-state index is 13.0. The second kappa shape index (κ2) is 45.5. The number of fused-ring (bicyclic) bond motifs is 14. The zero-order valence-corrected chi connectivity index (χ0v) is 81.5. The molecule has 1 fully saturated rings. The number of carbonyl (C=O) groups is 4. The van der Waals surface area contributed by atoms with Crippen molar-refractivity contribution in [1.82, 2.24) is 78.4 Å². The largest absolute Gasteiger partial charge is 0.465 e. The molecular weight excluding hydrogens is 2040 g/mol. The summed E-state index contributed by atoms with van der Waals surface area (Å²) in [5, 5.41) is 12.1. The van der Waals surface area contributed by atoms with E-state index in [1.54, 1.807) is 81.7 Å². The van der Waals surface area contributed by atoms with E-state index < -0.39 is 5.95 Å². The van der Waals surface area contributed by atoms with Crippen LogP contribution in [-0.4, -0.2) is 156 Å². The van der Waals surface area contributed by atoms with Gasteiger partial charge in [-0.25, -0.2) is 54.8 Å². The van der Waals surface area contributed by atoms with Crippen molar-refractivity contribution in [3.8, 4) is 52.3 Å². The molecule has 706 valence electrons. The maximum atomic E-state index is 13.0. The molecular formula is C103H90Br4FN17O14. The number of aliphatic hydroxyl groups excluding tert-OH is 1. The number of ether oxygens (including phenoxy) is 5. The number of hydrogen-bond donors (Lipinski definition) is 3. The number of aromatic nitrogens is 15. The molecule has 11 aromatic heterocycles. The van der Waals surface area contributed by atoms with E-state index in [0.29, 0.717) is 125 Å². The number of anilines is 1. The number of halogens is 5. The second-order valence-electron chi connectivity index (χ2n) is 33.2. The lowest BCUT2D eigenvalue weighted by molar-refractivity contribution is -0.145. The predicted molar refractivity (Wildman–Crippen MR) is 533 cm³/mol. The second-order valence-corrected chi connectivity index (χ2v) is 36.9. The number of benzene rings is 4. The van der Waals surface area contributed by atoms with E-state index >= 15 is 0 Å². The van der Waals surface area contributed by atoms with Gasteiger partial charge >= 0.3 is 11.9 Å². The molecule has 4 aromatic carbocycles. The molecule has 36 heteroatoms. The van der Waals surface area contributed by atoms with Crippen LogP contribution < -0.4 is 38.0 Å². The van der Waals surface area contributed by atoms with E-state index in [1.807, 2.05) is 84.9 Å². The van der Waals surface area contributed by atoms with Crippen molar-refractivity contribution in [3.05, 3.63) is 329 Å². The SMILES string of the molecule is C#Cc1cccc(F)n1.COCC1CCc2nc3cc(Br)cnc3c(=O)n21.COCC1CCc2nc3cc(C#Cc4ccccn4)cnc3c(=O)n21.Nc1cc(Br)cnc1OC=O.O=C(CCC1CCc2nc3cc(Br)cnc3c(=O)n21)OCC1c2ccccc2-c2ccccc21.O=C1CCC(CCC(=O)OCC2c3ccccc3-c3ccccc32)N1.O=c1c2ncc(Br)cc2nc2n1C(CO)CC2. The summed E-state index contributed by atoms with van der Waals surface area (Å²) in [5.41, 5.74) is 20.7. The first kappa shape index (κ1) is 98.1. The van der Waals surface area contributed by atoms with Gasteiger partial charge in [0, 0.05) is 144 Å². The molecule has 5 aliphatic heterocycles. The molecule has 15 aromatic rings. The summed E-state index contributed by atoms with van der Waals surface area (Å²) in [7, 11) is 3.29. The van der Waals surface area contributed by atoms with Crippen LogP contribution in [-0.2, 0) is 63.8 Å². The number of amides is 1. The third kappa shape index (κ3) is 22.9. The van der Waals surface area contributed by atoms with Gasteiger partial charge in [0.05, 0.1) is 65.7 Å². The monoisotopic (exact) mass is 2120 g/mol. The quantitative estimate of drug-likeness (QED) is 0.0330. The van der Waals surface area contributed by atoms with Gasteiger partial charge < -0.3 is 39.8 Å². The van der Waals surface area contributed by atoms with Crippen molar-refractivity contribution >= 4 is 138 Å². The third-order valence-electron chi connectivity index (χ3n) is 24.4. The van der Waals surface area contributed by atoms with Gasteiger partial charge in [-0.05, 0) is 214 Å². The van der Waals surface area contributed by atoms with Gasteiger partial charge in [0.1, 0.15) is 47.9 Å². The predicted octanol–water partition coefficient (Wildman–Crippen LogP) is 15.2. The number of esters is 2. The third-order valence-corrected chi connectivity index (χ3v) is 26.2. The van der Waals surface area contributed by atoms with Crippen LogP contribution in [0, 0.1) is 30.1 Å². The molecule has 7 aliphatic rings. The number of methoxy groups -OCH3 is 2. The summed E-state index contributed by atoms with van der Waals surface area (Å²) in [5.74, 6) is 10.7. The Bertz CT molecular complexity index is 7470. The fraction of sp³-hybridized carbons (Fsp3) is 0.272. The van der Waals surface area contributed by atoms with Crippen molar-refractivity contribution in [3.63, 3.8) is 0 Å². The first-order chi connectivity index (χ1) is 67.5. The number of carbonyl (C=O) groups excluding carboxylic acids is 4.